The van der Waals surface area contributed by atoms with Crippen molar-refractivity contribution in [2.45, 2.75) is 53.0 Å². The molecule has 0 spiro atoms. The predicted octanol–water partition coefficient (Wildman–Crippen LogP) is 4.66. The van der Waals surface area contributed by atoms with Gasteiger partial charge in [-0.1, -0.05) is 37.6 Å². The van der Waals surface area contributed by atoms with Gasteiger partial charge >= 0.3 is 0 Å². The first-order valence-electron chi connectivity index (χ1n) is 7.62. The highest BCUT2D eigenvalue weighted by molar-refractivity contribution is 5.54. The van der Waals surface area contributed by atoms with Gasteiger partial charge in [0.05, 0.1) is 6.61 Å². The van der Waals surface area contributed by atoms with Crippen molar-refractivity contribution in [2.24, 2.45) is 0 Å². The monoisotopic (exact) mass is 275 g/mol. The topological polar surface area (TPSA) is 21.3 Å². The lowest BCUT2D eigenvalue weighted by molar-refractivity contribution is 0.317. The second-order valence-corrected chi connectivity index (χ2v) is 6.18. The fraction of sp³-hybridized carbons (Fsp3) is 0.556. The van der Waals surface area contributed by atoms with Gasteiger partial charge in [-0.3, -0.25) is 0 Å². The van der Waals surface area contributed by atoms with E-state index in [0.29, 0.717) is 0 Å². The average molecular weight is 275 g/mol. The van der Waals surface area contributed by atoms with Crippen LogP contribution in [-0.4, -0.2) is 18.7 Å². The molecule has 0 saturated heterocycles. The fourth-order valence-corrected chi connectivity index (χ4v) is 1.77. The maximum Gasteiger partial charge on any atom is 0.119 e. The number of rotatable bonds is 7. The maximum absolute atomic E-state index is 5.60. The first-order valence-corrected chi connectivity index (χ1v) is 7.62. The summed E-state index contributed by atoms with van der Waals surface area (Å²) in [5.74, 6) is 0.954. The van der Waals surface area contributed by atoms with Crippen molar-refractivity contribution in [3.63, 3.8) is 0 Å². The van der Waals surface area contributed by atoms with Crippen LogP contribution in [0.15, 0.2) is 29.8 Å². The Balaban J connectivity index is 2.65. The van der Waals surface area contributed by atoms with E-state index in [1.54, 1.807) is 0 Å². The lowest BCUT2D eigenvalue weighted by atomic mass is 10.1. The molecule has 0 aliphatic heterocycles. The molecule has 0 atom stereocenters. The summed E-state index contributed by atoms with van der Waals surface area (Å²) in [5.41, 5.74) is 2.81. The van der Waals surface area contributed by atoms with Crippen molar-refractivity contribution in [1.82, 2.24) is 5.32 Å². The molecule has 0 amide bonds. The first-order chi connectivity index (χ1) is 9.44. The molecule has 0 unspecified atom stereocenters. The zero-order valence-corrected chi connectivity index (χ0v) is 13.6. The molecule has 0 aromatic heterocycles. The van der Waals surface area contributed by atoms with Gasteiger partial charge in [-0.2, -0.15) is 0 Å². The average Bonchev–Trinajstić information content (AvgIpc) is 2.41. The van der Waals surface area contributed by atoms with Crippen LogP contribution in [-0.2, 0) is 0 Å². The quantitative estimate of drug-likeness (QED) is 0.781. The molecule has 0 aliphatic carbocycles. The highest BCUT2D eigenvalue weighted by atomic mass is 16.5. The Bertz CT molecular complexity index is 412. The van der Waals surface area contributed by atoms with Crippen LogP contribution in [0.1, 0.15) is 53.0 Å². The van der Waals surface area contributed by atoms with Crippen LogP contribution in [0.2, 0.25) is 0 Å². The van der Waals surface area contributed by atoms with Gasteiger partial charge in [-0.05, 0) is 51.3 Å². The smallest absolute Gasteiger partial charge is 0.119 e. The van der Waals surface area contributed by atoms with Crippen molar-refractivity contribution in [3.8, 4) is 5.75 Å². The highest BCUT2D eigenvalue weighted by Gasteiger charge is 2.08. The van der Waals surface area contributed by atoms with Crippen molar-refractivity contribution >= 4 is 6.08 Å². The standard InChI is InChI=1S/C18H29NO/c1-6-12-20-17-10-8-16(9-11-17)13-15(7-2)14-19-18(3,4)5/h8-11,13,19H,6-7,12,14H2,1-5H3. The second kappa shape index (κ2) is 8.11. The van der Waals surface area contributed by atoms with E-state index in [0.717, 1.165) is 31.7 Å². The van der Waals surface area contributed by atoms with Gasteiger partial charge in [0.15, 0.2) is 0 Å². The summed E-state index contributed by atoms with van der Waals surface area (Å²) in [6, 6.07) is 8.34. The van der Waals surface area contributed by atoms with E-state index in [-0.39, 0.29) is 5.54 Å². The van der Waals surface area contributed by atoms with Gasteiger partial charge < -0.3 is 10.1 Å². The fourth-order valence-electron chi connectivity index (χ4n) is 1.77. The Morgan fingerprint density at radius 2 is 1.80 bits per heavy atom. The molecule has 1 rings (SSSR count). The van der Waals surface area contributed by atoms with Crippen molar-refractivity contribution in [3.05, 3.63) is 35.4 Å². The van der Waals surface area contributed by atoms with Gasteiger partial charge in [0.2, 0.25) is 0 Å². The third-order valence-electron chi connectivity index (χ3n) is 3.02. The minimum Gasteiger partial charge on any atom is -0.494 e. The summed E-state index contributed by atoms with van der Waals surface area (Å²) in [6.45, 7) is 12.6. The predicted molar refractivity (Wildman–Crippen MR) is 88.3 cm³/mol. The summed E-state index contributed by atoms with van der Waals surface area (Å²) in [7, 11) is 0. The van der Waals surface area contributed by atoms with E-state index in [1.807, 2.05) is 12.1 Å². The lowest BCUT2D eigenvalue weighted by Crippen LogP contribution is -2.36. The van der Waals surface area contributed by atoms with E-state index in [4.69, 9.17) is 4.74 Å². The molecule has 0 bridgehead atoms. The largest absolute Gasteiger partial charge is 0.494 e. The molecule has 2 nitrogen and oxygen atoms in total. The Morgan fingerprint density at radius 3 is 2.30 bits per heavy atom. The van der Waals surface area contributed by atoms with Crippen molar-refractivity contribution in [1.29, 1.82) is 0 Å². The molecule has 1 N–H and O–H groups in total. The maximum atomic E-state index is 5.60. The Labute approximate surface area is 124 Å². The van der Waals surface area contributed by atoms with E-state index < -0.39 is 0 Å². The summed E-state index contributed by atoms with van der Waals surface area (Å²) < 4.78 is 5.60. The van der Waals surface area contributed by atoms with Gasteiger partial charge in [0.25, 0.3) is 0 Å². The lowest BCUT2D eigenvalue weighted by Gasteiger charge is -2.21. The minimum atomic E-state index is 0.159. The van der Waals surface area contributed by atoms with Crippen LogP contribution in [0.4, 0.5) is 0 Å². The molecular formula is C18H29NO. The third kappa shape index (κ3) is 6.76. The zero-order chi connectivity index (χ0) is 15.0. The van der Waals surface area contributed by atoms with Crippen LogP contribution < -0.4 is 10.1 Å². The zero-order valence-electron chi connectivity index (χ0n) is 13.6. The molecule has 0 saturated carbocycles. The number of ether oxygens (including phenoxy) is 1. The van der Waals surface area contributed by atoms with E-state index in [9.17, 15) is 0 Å². The van der Waals surface area contributed by atoms with E-state index in [1.165, 1.54) is 11.1 Å². The number of hydrogen-bond donors (Lipinski definition) is 1. The van der Waals surface area contributed by atoms with Crippen LogP contribution in [0.5, 0.6) is 5.75 Å². The van der Waals surface area contributed by atoms with Gasteiger partial charge in [-0.25, -0.2) is 0 Å². The second-order valence-electron chi connectivity index (χ2n) is 6.18. The summed E-state index contributed by atoms with van der Waals surface area (Å²) in [6.07, 6.45) is 4.37. The van der Waals surface area contributed by atoms with E-state index in [2.05, 4.69) is 58.1 Å². The van der Waals surface area contributed by atoms with Crippen LogP contribution in [0.3, 0.4) is 0 Å². The summed E-state index contributed by atoms with van der Waals surface area (Å²) >= 11 is 0. The molecule has 2 heteroatoms. The van der Waals surface area contributed by atoms with E-state index >= 15 is 0 Å². The molecule has 0 fully saturated rings. The molecule has 0 radical (unpaired) electrons. The Kier molecular flexibility index (Phi) is 6.80. The Morgan fingerprint density at radius 1 is 1.15 bits per heavy atom. The molecular weight excluding hydrogens is 246 g/mol. The molecule has 0 heterocycles. The van der Waals surface area contributed by atoms with Crippen LogP contribution in [0, 0.1) is 0 Å². The third-order valence-corrected chi connectivity index (χ3v) is 3.02. The van der Waals surface area contributed by atoms with Crippen LogP contribution >= 0.6 is 0 Å². The van der Waals surface area contributed by atoms with Crippen molar-refractivity contribution in [2.75, 3.05) is 13.2 Å². The molecule has 0 aliphatic rings. The normalized spacial score (nSPS) is 12.6. The molecule has 1 aromatic carbocycles. The minimum absolute atomic E-state index is 0.159. The molecule has 1 aromatic rings. The van der Waals surface area contributed by atoms with Gasteiger partial charge in [0.1, 0.15) is 5.75 Å². The number of nitrogens with one attached hydrogen (secondary N) is 1. The summed E-state index contributed by atoms with van der Waals surface area (Å²) in [4.78, 5) is 0. The first kappa shape index (κ1) is 16.8. The SMILES string of the molecule is CCCOc1ccc(C=C(CC)CNC(C)(C)C)cc1. The molecule has 112 valence electrons. The van der Waals surface area contributed by atoms with Crippen molar-refractivity contribution < 1.29 is 4.74 Å². The number of hydrogen-bond acceptors (Lipinski definition) is 2. The Hall–Kier alpha value is -1.28. The number of benzene rings is 1. The highest BCUT2D eigenvalue weighted by Crippen LogP contribution is 2.16. The van der Waals surface area contributed by atoms with Crippen LogP contribution in [0.25, 0.3) is 6.08 Å². The van der Waals surface area contributed by atoms with Gasteiger partial charge in [0, 0.05) is 12.1 Å². The van der Waals surface area contributed by atoms with Gasteiger partial charge in [-0.15, -0.1) is 0 Å². The summed E-state index contributed by atoms with van der Waals surface area (Å²) in [5, 5.41) is 3.54. The molecule has 20 heavy (non-hydrogen) atoms.